The van der Waals surface area contributed by atoms with Crippen LogP contribution in [0, 0.1) is 0 Å². The summed E-state index contributed by atoms with van der Waals surface area (Å²) in [5.41, 5.74) is 22.8. The summed E-state index contributed by atoms with van der Waals surface area (Å²) in [4.78, 5) is 0. The molecule has 2 rings (SSSR count). The molecular formula is C12H26N4O6. The minimum absolute atomic E-state index is 0.0441. The molecule has 22 heavy (non-hydrogen) atoms. The standard InChI is InChI=1S/C12H26N4O6/c13-2-5-8(18)9(19)6(16)12(21-5)22-11-4(15)1-3(14)7(17)10(11)20/h3-12,17-20H,1-2,13-16H2/t3-,4+,5-,6+,7+,8-,9+,10-,11+,12-/m1/s1. The Morgan fingerprint density at radius 1 is 0.909 bits per heavy atom. The molecule has 10 atom stereocenters. The summed E-state index contributed by atoms with van der Waals surface area (Å²) >= 11 is 0. The van der Waals surface area contributed by atoms with Crippen LogP contribution < -0.4 is 22.9 Å². The first-order valence-electron chi connectivity index (χ1n) is 7.28. The zero-order chi connectivity index (χ0) is 16.6. The third kappa shape index (κ3) is 3.26. The monoisotopic (exact) mass is 322 g/mol. The summed E-state index contributed by atoms with van der Waals surface area (Å²) in [6.45, 7) is -0.0441. The first-order valence-corrected chi connectivity index (χ1v) is 7.28. The highest BCUT2D eigenvalue weighted by Gasteiger charge is 2.47. The van der Waals surface area contributed by atoms with Crippen LogP contribution in [0.25, 0.3) is 0 Å². The number of aliphatic hydroxyl groups is 4. The number of rotatable bonds is 3. The second kappa shape index (κ2) is 7.01. The van der Waals surface area contributed by atoms with Crippen molar-refractivity contribution in [3.63, 3.8) is 0 Å². The molecule has 0 spiro atoms. The summed E-state index contributed by atoms with van der Waals surface area (Å²) in [5, 5.41) is 39.6. The molecule has 1 aliphatic heterocycles. The molecule has 0 aromatic carbocycles. The quantitative estimate of drug-likeness (QED) is 0.248. The van der Waals surface area contributed by atoms with Gasteiger partial charge in [0, 0.05) is 18.6 Å². The molecule has 1 aliphatic carbocycles. The van der Waals surface area contributed by atoms with Gasteiger partial charge in [0.1, 0.15) is 30.5 Å². The van der Waals surface area contributed by atoms with Gasteiger partial charge < -0.3 is 52.8 Å². The van der Waals surface area contributed by atoms with E-state index < -0.39 is 61.0 Å². The van der Waals surface area contributed by atoms with Gasteiger partial charge in [-0.05, 0) is 6.42 Å². The van der Waals surface area contributed by atoms with E-state index in [0.29, 0.717) is 0 Å². The summed E-state index contributed by atoms with van der Waals surface area (Å²) in [7, 11) is 0. The Balaban J connectivity index is 2.08. The van der Waals surface area contributed by atoms with E-state index in [9.17, 15) is 20.4 Å². The van der Waals surface area contributed by atoms with Crippen molar-refractivity contribution in [3.8, 4) is 0 Å². The molecule has 1 saturated carbocycles. The second-order valence-corrected chi connectivity index (χ2v) is 5.98. The fourth-order valence-electron chi connectivity index (χ4n) is 2.89. The minimum Gasteiger partial charge on any atom is -0.389 e. The molecule has 10 nitrogen and oxygen atoms in total. The molecule has 2 aliphatic rings. The predicted octanol–water partition coefficient (Wildman–Crippen LogP) is -5.12. The molecule has 0 amide bonds. The van der Waals surface area contributed by atoms with Crippen molar-refractivity contribution in [2.45, 2.75) is 67.5 Å². The van der Waals surface area contributed by atoms with Gasteiger partial charge in [-0.2, -0.15) is 0 Å². The van der Waals surface area contributed by atoms with Crippen molar-refractivity contribution >= 4 is 0 Å². The van der Waals surface area contributed by atoms with Gasteiger partial charge in [0.05, 0.1) is 12.1 Å². The highest BCUT2D eigenvalue weighted by Crippen LogP contribution is 2.26. The van der Waals surface area contributed by atoms with Crippen LogP contribution in [0.1, 0.15) is 6.42 Å². The lowest BCUT2D eigenvalue weighted by molar-refractivity contribution is -0.287. The van der Waals surface area contributed by atoms with Crippen LogP contribution in [0.4, 0.5) is 0 Å². The summed E-state index contributed by atoms with van der Waals surface area (Å²) in [6.07, 6.45) is -7.73. The van der Waals surface area contributed by atoms with Gasteiger partial charge >= 0.3 is 0 Å². The Morgan fingerprint density at radius 3 is 2.14 bits per heavy atom. The SMILES string of the molecule is NC[C@H]1O[C@H](O[C@@H]2[C@H](O)[C@@H](O)[C@H](N)C[C@@H]2N)[C@@H](N)[C@H](O)[C@@H]1O. The minimum atomic E-state index is -1.31. The van der Waals surface area contributed by atoms with Crippen molar-refractivity contribution < 1.29 is 29.9 Å². The normalized spacial score (nSPS) is 53.5. The number of ether oxygens (including phenoxy) is 2. The Bertz CT molecular complexity index is 376. The average molecular weight is 322 g/mol. The van der Waals surface area contributed by atoms with E-state index in [-0.39, 0.29) is 13.0 Å². The van der Waals surface area contributed by atoms with E-state index in [4.69, 9.17) is 32.4 Å². The van der Waals surface area contributed by atoms with E-state index in [2.05, 4.69) is 0 Å². The Morgan fingerprint density at radius 2 is 1.55 bits per heavy atom. The van der Waals surface area contributed by atoms with Crippen LogP contribution in [0.2, 0.25) is 0 Å². The molecule has 1 heterocycles. The van der Waals surface area contributed by atoms with Gasteiger partial charge in [-0.1, -0.05) is 0 Å². The first kappa shape index (κ1) is 17.9. The van der Waals surface area contributed by atoms with Crippen LogP contribution in [0.15, 0.2) is 0 Å². The van der Waals surface area contributed by atoms with Crippen LogP contribution in [0.3, 0.4) is 0 Å². The fraction of sp³-hybridized carbons (Fsp3) is 1.00. The summed E-state index contributed by atoms with van der Waals surface area (Å²) < 4.78 is 11.0. The lowest BCUT2D eigenvalue weighted by atomic mass is 9.84. The molecule has 1 saturated heterocycles. The van der Waals surface area contributed by atoms with Crippen molar-refractivity contribution in [1.29, 1.82) is 0 Å². The lowest BCUT2D eigenvalue weighted by Crippen LogP contribution is -2.67. The Labute approximate surface area is 128 Å². The maximum absolute atomic E-state index is 10.1. The predicted molar refractivity (Wildman–Crippen MR) is 75.2 cm³/mol. The maximum atomic E-state index is 10.1. The Kier molecular flexibility index (Phi) is 5.72. The van der Waals surface area contributed by atoms with E-state index >= 15 is 0 Å². The largest absolute Gasteiger partial charge is 0.389 e. The van der Waals surface area contributed by atoms with Crippen LogP contribution in [0.5, 0.6) is 0 Å². The van der Waals surface area contributed by atoms with Crippen LogP contribution in [-0.4, -0.2) is 88.0 Å². The lowest BCUT2D eigenvalue weighted by Gasteiger charge is -2.45. The zero-order valence-corrected chi connectivity index (χ0v) is 12.1. The van der Waals surface area contributed by atoms with Gasteiger partial charge in [0.25, 0.3) is 0 Å². The average Bonchev–Trinajstić information content (AvgIpc) is 2.49. The van der Waals surface area contributed by atoms with Crippen molar-refractivity contribution in [1.82, 2.24) is 0 Å². The topological polar surface area (TPSA) is 203 Å². The number of nitrogens with two attached hydrogens (primary N) is 4. The first-order chi connectivity index (χ1) is 10.3. The maximum Gasteiger partial charge on any atom is 0.176 e. The highest BCUT2D eigenvalue weighted by molar-refractivity contribution is 4.99. The van der Waals surface area contributed by atoms with E-state index in [1.165, 1.54) is 0 Å². The third-order valence-corrected chi connectivity index (χ3v) is 4.36. The molecule has 0 aromatic rings. The fourth-order valence-corrected chi connectivity index (χ4v) is 2.89. The van der Waals surface area contributed by atoms with E-state index in [1.807, 2.05) is 0 Å². The highest BCUT2D eigenvalue weighted by atomic mass is 16.7. The molecule has 2 fully saturated rings. The van der Waals surface area contributed by atoms with Crippen LogP contribution in [-0.2, 0) is 9.47 Å². The number of aliphatic hydroxyl groups excluding tert-OH is 4. The molecule has 130 valence electrons. The third-order valence-electron chi connectivity index (χ3n) is 4.36. The molecule has 0 radical (unpaired) electrons. The van der Waals surface area contributed by atoms with Gasteiger partial charge in [-0.25, -0.2) is 0 Å². The van der Waals surface area contributed by atoms with Crippen molar-refractivity contribution in [2.24, 2.45) is 22.9 Å². The van der Waals surface area contributed by atoms with Gasteiger partial charge in [0.2, 0.25) is 0 Å². The molecule has 0 bridgehead atoms. The van der Waals surface area contributed by atoms with Gasteiger partial charge in [-0.15, -0.1) is 0 Å². The van der Waals surface area contributed by atoms with E-state index in [0.717, 1.165) is 0 Å². The van der Waals surface area contributed by atoms with Crippen LogP contribution >= 0.6 is 0 Å². The smallest absolute Gasteiger partial charge is 0.176 e. The molecule has 10 heteroatoms. The zero-order valence-electron chi connectivity index (χ0n) is 12.1. The van der Waals surface area contributed by atoms with E-state index in [1.54, 1.807) is 0 Å². The molecular weight excluding hydrogens is 296 g/mol. The number of hydrogen-bond acceptors (Lipinski definition) is 10. The number of hydrogen-bond donors (Lipinski definition) is 8. The summed E-state index contributed by atoms with van der Waals surface area (Å²) in [5.74, 6) is 0. The molecule has 12 N–H and O–H groups in total. The van der Waals surface area contributed by atoms with Crippen molar-refractivity contribution in [3.05, 3.63) is 0 Å². The Hall–Kier alpha value is -0.400. The molecule has 0 unspecified atom stereocenters. The van der Waals surface area contributed by atoms with Gasteiger partial charge in [0.15, 0.2) is 6.29 Å². The van der Waals surface area contributed by atoms with Gasteiger partial charge in [-0.3, -0.25) is 0 Å². The molecule has 0 aromatic heterocycles. The van der Waals surface area contributed by atoms with Crippen molar-refractivity contribution in [2.75, 3.05) is 6.54 Å². The second-order valence-electron chi connectivity index (χ2n) is 5.98. The summed E-state index contributed by atoms with van der Waals surface area (Å²) in [6, 6.07) is -2.34.